The van der Waals surface area contributed by atoms with Crippen LogP contribution in [0.25, 0.3) is 0 Å². The number of hydrogen-bond donors (Lipinski definition) is 2. The van der Waals surface area contributed by atoms with Crippen molar-refractivity contribution in [2.24, 2.45) is 11.0 Å². The Balaban J connectivity index is 1.80. The van der Waals surface area contributed by atoms with E-state index < -0.39 is 11.9 Å². The van der Waals surface area contributed by atoms with Crippen LogP contribution in [0.3, 0.4) is 0 Å². The number of hydrogen-bond acceptors (Lipinski definition) is 4. The van der Waals surface area contributed by atoms with Crippen molar-refractivity contribution in [3.05, 3.63) is 59.2 Å². The first-order valence-electron chi connectivity index (χ1n) is 7.85. The van der Waals surface area contributed by atoms with Crippen LogP contribution in [0.15, 0.2) is 41.5 Å². The molecule has 1 aliphatic rings. The quantitative estimate of drug-likeness (QED) is 0.843. The van der Waals surface area contributed by atoms with Gasteiger partial charge in [0.2, 0.25) is 11.9 Å². The van der Waals surface area contributed by atoms with E-state index in [9.17, 15) is 14.0 Å². The molecule has 2 N–H and O–H groups in total. The number of pyridine rings is 1. The summed E-state index contributed by atoms with van der Waals surface area (Å²) in [5.41, 5.74) is 5.71. The standard InChI is InChI=1S/C18H17FN4O2/c1-10-8-12(20-18(25)14-4-3-5-15(19)21-14)6-7-13(10)17-11(2)9-16(24)22-23-17/h3-8,11H,9H2,1-2H3,(H,20,25)(H,22,24). The second-order valence-corrected chi connectivity index (χ2v) is 5.97. The number of carbonyl (C=O) groups excluding carboxylic acids is 2. The molecule has 128 valence electrons. The lowest BCUT2D eigenvalue weighted by atomic mass is 9.91. The second kappa shape index (κ2) is 6.80. The predicted octanol–water partition coefficient (Wildman–Crippen LogP) is 2.64. The van der Waals surface area contributed by atoms with Gasteiger partial charge >= 0.3 is 0 Å². The topological polar surface area (TPSA) is 83.4 Å². The molecule has 1 aromatic heterocycles. The van der Waals surface area contributed by atoms with Gasteiger partial charge in [-0.2, -0.15) is 9.49 Å². The van der Waals surface area contributed by atoms with Crippen molar-refractivity contribution >= 4 is 23.2 Å². The molecule has 7 heteroatoms. The van der Waals surface area contributed by atoms with Gasteiger partial charge in [0.25, 0.3) is 5.91 Å². The smallest absolute Gasteiger partial charge is 0.274 e. The monoisotopic (exact) mass is 340 g/mol. The van der Waals surface area contributed by atoms with E-state index in [-0.39, 0.29) is 17.5 Å². The van der Waals surface area contributed by atoms with Crippen LogP contribution in [-0.4, -0.2) is 22.5 Å². The van der Waals surface area contributed by atoms with Gasteiger partial charge in [0.1, 0.15) is 5.69 Å². The lowest BCUT2D eigenvalue weighted by molar-refractivity contribution is -0.121. The summed E-state index contributed by atoms with van der Waals surface area (Å²) in [6.45, 7) is 3.85. The molecule has 2 aromatic rings. The van der Waals surface area contributed by atoms with Crippen LogP contribution in [0.2, 0.25) is 0 Å². The zero-order valence-electron chi connectivity index (χ0n) is 13.8. The normalized spacial score (nSPS) is 16.8. The third-order valence-corrected chi connectivity index (χ3v) is 3.97. The Morgan fingerprint density at radius 2 is 2.12 bits per heavy atom. The van der Waals surface area contributed by atoms with Crippen molar-refractivity contribution in [3.8, 4) is 0 Å². The molecule has 0 saturated heterocycles. The molecule has 1 atom stereocenters. The average molecular weight is 340 g/mol. The van der Waals surface area contributed by atoms with Crippen molar-refractivity contribution in [2.75, 3.05) is 5.32 Å². The van der Waals surface area contributed by atoms with Crippen LogP contribution in [0.1, 0.15) is 35.0 Å². The van der Waals surface area contributed by atoms with Gasteiger partial charge in [-0.15, -0.1) is 0 Å². The van der Waals surface area contributed by atoms with Gasteiger partial charge in [0.05, 0.1) is 5.71 Å². The highest BCUT2D eigenvalue weighted by molar-refractivity contribution is 6.07. The molecule has 0 spiro atoms. The van der Waals surface area contributed by atoms with Crippen LogP contribution in [-0.2, 0) is 4.79 Å². The first-order valence-corrected chi connectivity index (χ1v) is 7.85. The van der Waals surface area contributed by atoms with Crippen LogP contribution in [0, 0.1) is 18.8 Å². The molecule has 1 aromatic carbocycles. The van der Waals surface area contributed by atoms with Crippen molar-refractivity contribution in [3.63, 3.8) is 0 Å². The molecule has 3 rings (SSSR count). The maximum atomic E-state index is 13.1. The van der Waals surface area contributed by atoms with Gasteiger partial charge in [-0.05, 0) is 36.8 Å². The molecule has 0 aliphatic carbocycles. The summed E-state index contributed by atoms with van der Waals surface area (Å²) < 4.78 is 13.1. The molecule has 0 radical (unpaired) electrons. The van der Waals surface area contributed by atoms with Crippen LogP contribution in [0.4, 0.5) is 10.1 Å². The van der Waals surface area contributed by atoms with E-state index in [0.717, 1.165) is 16.8 Å². The van der Waals surface area contributed by atoms with Gasteiger partial charge < -0.3 is 5.32 Å². The molecule has 0 bridgehead atoms. The van der Waals surface area contributed by atoms with E-state index >= 15 is 0 Å². The summed E-state index contributed by atoms with van der Waals surface area (Å²) >= 11 is 0. The molecule has 1 unspecified atom stereocenters. The molecular formula is C18H17FN4O2. The zero-order chi connectivity index (χ0) is 18.0. The second-order valence-electron chi connectivity index (χ2n) is 5.97. The highest BCUT2D eigenvalue weighted by Crippen LogP contribution is 2.22. The van der Waals surface area contributed by atoms with Gasteiger partial charge in [-0.25, -0.2) is 10.4 Å². The molecule has 25 heavy (non-hydrogen) atoms. The Morgan fingerprint density at radius 3 is 2.80 bits per heavy atom. The highest BCUT2D eigenvalue weighted by Gasteiger charge is 2.22. The molecule has 6 nitrogen and oxygen atoms in total. The van der Waals surface area contributed by atoms with Gasteiger partial charge in [-0.3, -0.25) is 9.59 Å². The first kappa shape index (κ1) is 16.8. The third-order valence-electron chi connectivity index (χ3n) is 3.97. The Labute approximate surface area is 144 Å². The lowest BCUT2D eigenvalue weighted by Crippen LogP contribution is -2.32. The molecule has 2 amide bonds. The van der Waals surface area contributed by atoms with Crippen molar-refractivity contribution in [1.29, 1.82) is 0 Å². The maximum Gasteiger partial charge on any atom is 0.274 e. The fourth-order valence-electron chi connectivity index (χ4n) is 2.74. The molecule has 0 saturated carbocycles. The van der Waals surface area contributed by atoms with Crippen LogP contribution >= 0.6 is 0 Å². The van der Waals surface area contributed by atoms with E-state index in [1.807, 2.05) is 19.9 Å². The number of halogens is 1. The summed E-state index contributed by atoms with van der Waals surface area (Å²) in [7, 11) is 0. The third kappa shape index (κ3) is 3.71. The van der Waals surface area contributed by atoms with E-state index in [1.165, 1.54) is 18.2 Å². The lowest BCUT2D eigenvalue weighted by Gasteiger charge is -2.20. The SMILES string of the molecule is Cc1cc(NC(=O)c2cccc(F)n2)ccc1C1=NNC(=O)CC1C. The molecule has 1 aliphatic heterocycles. The van der Waals surface area contributed by atoms with Crippen molar-refractivity contribution < 1.29 is 14.0 Å². The number of anilines is 1. The van der Waals surface area contributed by atoms with E-state index in [2.05, 4.69) is 20.8 Å². The Bertz CT molecular complexity index is 879. The molecule has 2 heterocycles. The van der Waals surface area contributed by atoms with Gasteiger partial charge in [-0.1, -0.05) is 19.1 Å². The minimum Gasteiger partial charge on any atom is -0.321 e. The number of nitrogens with zero attached hydrogens (tertiary/aromatic N) is 2. The van der Waals surface area contributed by atoms with E-state index in [1.54, 1.807) is 12.1 Å². The van der Waals surface area contributed by atoms with Crippen molar-refractivity contribution in [1.82, 2.24) is 10.4 Å². The Morgan fingerprint density at radius 1 is 1.32 bits per heavy atom. The number of aromatic nitrogens is 1. The molecular weight excluding hydrogens is 323 g/mol. The number of carbonyl (C=O) groups is 2. The number of hydrazone groups is 1. The number of benzene rings is 1. The minimum atomic E-state index is -0.703. The summed E-state index contributed by atoms with van der Waals surface area (Å²) in [5, 5.41) is 6.85. The zero-order valence-corrected chi connectivity index (χ0v) is 13.8. The predicted molar refractivity (Wildman–Crippen MR) is 91.8 cm³/mol. The summed E-state index contributed by atoms with van der Waals surface area (Å²) in [6.07, 6.45) is 0.391. The molecule has 0 fully saturated rings. The summed E-state index contributed by atoms with van der Waals surface area (Å²) in [4.78, 5) is 27.1. The van der Waals surface area contributed by atoms with E-state index in [4.69, 9.17) is 0 Å². The van der Waals surface area contributed by atoms with Crippen molar-refractivity contribution in [2.45, 2.75) is 20.3 Å². The van der Waals surface area contributed by atoms with Crippen LogP contribution in [0.5, 0.6) is 0 Å². The number of rotatable bonds is 3. The highest BCUT2D eigenvalue weighted by atomic mass is 19.1. The maximum absolute atomic E-state index is 13.1. The number of aryl methyl sites for hydroxylation is 1. The van der Waals surface area contributed by atoms with Crippen LogP contribution < -0.4 is 10.7 Å². The Kier molecular flexibility index (Phi) is 4.56. The van der Waals surface area contributed by atoms with E-state index in [0.29, 0.717) is 12.1 Å². The minimum absolute atomic E-state index is 0.00900. The van der Waals surface area contributed by atoms with Gasteiger partial charge in [0, 0.05) is 23.6 Å². The first-order chi connectivity index (χ1) is 11.9. The summed E-state index contributed by atoms with van der Waals surface area (Å²) in [6, 6.07) is 9.45. The fraction of sp³-hybridized carbons (Fsp3) is 0.222. The Hall–Kier alpha value is -3.09. The summed E-state index contributed by atoms with van der Waals surface area (Å²) in [5.74, 6) is -1.27. The number of nitrogens with one attached hydrogen (secondary N) is 2. The number of amides is 2. The largest absolute Gasteiger partial charge is 0.321 e. The average Bonchev–Trinajstić information content (AvgIpc) is 2.56. The fourth-order valence-corrected chi connectivity index (χ4v) is 2.74. The van der Waals surface area contributed by atoms with Gasteiger partial charge in [0.15, 0.2) is 0 Å².